The van der Waals surface area contributed by atoms with Crippen molar-refractivity contribution in [2.45, 2.75) is 123 Å². The molecule has 2 aromatic rings. The van der Waals surface area contributed by atoms with Crippen LogP contribution in [0.3, 0.4) is 0 Å². The van der Waals surface area contributed by atoms with Crippen molar-refractivity contribution in [1.29, 1.82) is 0 Å². The smallest absolute Gasteiger partial charge is 0.408 e. The number of primary amides is 1. The van der Waals surface area contributed by atoms with Gasteiger partial charge in [-0.3, -0.25) is 14.4 Å². The average Bonchev–Trinajstić information content (AvgIpc) is 2.91. The number of nitrogens with one attached hydrogen (secondary N) is 2. The minimum atomic E-state index is -1.39. The molecule has 1 aliphatic carbocycles. The normalized spacial score (nSPS) is 15.3. The lowest BCUT2D eigenvalue weighted by Crippen LogP contribution is -2.59. The second kappa shape index (κ2) is 15.5. The third kappa shape index (κ3) is 10.8. The number of esters is 1. The summed E-state index contributed by atoms with van der Waals surface area (Å²) in [6.07, 6.45) is 0.793. The van der Waals surface area contributed by atoms with Crippen LogP contribution in [-0.2, 0) is 35.1 Å². The Morgan fingerprint density at radius 1 is 0.851 bits per heavy atom. The van der Waals surface area contributed by atoms with Gasteiger partial charge in [0.2, 0.25) is 17.7 Å². The van der Waals surface area contributed by atoms with Crippen LogP contribution >= 0.6 is 0 Å². The first-order valence-electron chi connectivity index (χ1n) is 16.1. The number of nitrogens with zero attached hydrogens (tertiary/aromatic N) is 1. The minimum Gasteiger partial charge on any atom is -0.458 e. The molecular formula is C36H50N4O7. The highest BCUT2D eigenvalue weighted by Crippen LogP contribution is 2.36. The lowest BCUT2D eigenvalue weighted by molar-refractivity contribution is -0.159. The molecule has 0 radical (unpaired) electrons. The molecule has 0 spiro atoms. The Labute approximate surface area is 277 Å². The highest BCUT2D eigenvalue weighted by Gasteiger charge is 2.44. The van der Waals surface area contributed by atoms with Crippen LogP contribution in [0.2, 0.25) is 0 Å². The van der Waals surface area contributed by atoms with Gasteiger partial charge in [-0.05, 0) is 96.9 Å². The molecule has 47 heavy (non-hydrogen) atoms. The predicted octanol–water partition coefficient (Wildman–Crippen LogP) is 4.56. The van der Waals surface area contributed by atoms with E-state index in [4.69, 9.17) is 15.2 Å². The van der Waals surface area contributed by atoms with Gasteiger partial charge in [0.25, 0.3) is 0 Å². The molecule has 3 rings (SSSR count). The summed E-state index contributed by atoms with van der Waals surface area (Å²) < 4.78 is 11.1. The van der Waals surface area contributed by atoms with E-state index in [2.05, 4.69) is 10.6 Å². The van der Waals surface area contributed by atoms with Crippen molar-refractivity contribution in [3.05, 3.63) is 70.8 Å². The van der Waals surface area contributed by atoms with Gasteiger partial charge in [-0.25, -0.2) is 9.59 Å². The first-order chi connectivity index (χ1) is 21.9. The molecule has 2 aromatic carbocycles. The van der Waals surface area contributed by atoms with E-state index in [-0.39, 0.29) is 12.5 Å². The number of hydrogen-bond acceptors (Lipinski definition) is 7. The molecule has 0 bridgehead atoms. The maximum absolute atomic E-state index is 14.6. The van der Waals surface area contributed by atoms with Gasteiger partial charge in [-0.15, -0.1) is 0 Å². The van der Waals surface area contributed by atoms with Gasteiger partial charge in [0, 0.05) is 12.5 Å². The van der Waals surface area contributed by atoms with Gasteiger partial charge < -0.3 is 30.7 Å². The number of aryl methyl sites for hydroxylation is 1. The summed E-state index contributed by atoms with van der Waals surface area (Å²) in [6, 6.07) is 10.7. The Bertz CT molecular complexity index is 1440. The molecule has 0 heterocycles. The second-order valence-electron chi connectivity index (χ2n) is 14.2. The Hall–Kier alpha value is -4.41. The molecule has 3 atom stereocenters. The SMILES string of the molecule is Cc1cccc(C(C(=O)NC(Cc2ccccc2)C(=O)OC(C)(C)C)N(C(=O)C(CC(N)=O)NC(=O)OC(C)(C)C)C2CCC2)c1C. The first kappa shape index (κ1) is 37.1. The van der Waals surface area contributed by atoms with E-state index in [0.29, 0.717) is 18.4 Å². The summed E-state index contributed by atoms with van der Waals surface area (Å²) in [5.74, 6) is -2.68. The predicted molar refractivity (Wildman–Crippen MR) is 178 cm³/mol. The Morgan fingerprint density at radius 2 is 1.47 bits per heavy atom. The number of nitrogens with two attached hydrogens (primary N) is 1. The van der Waals surface area contributed by atoms with Crippen LogP contribution in [0.25, 0.3) is 0 Å². The maximum Gasteiger partial charge on any atom is 0.408 e. The van der Waals surface area contributed by atoms with Crippen LogP contribution < -0.4 is 16.4 Å². The lowest BCUT2D eigenvalue weighted by Gasteiger charge is -2.44. The molecule has 4 N–H and O–H groups in total. The fourth-order valence-corrected chi connectivity index (χ4v) is 5.37. The van der Waals surface area contributed by atoms with Gasteiger partial charge in [-0.2, -0.15) is 0 Å². The van der Waals surface area contributed by atoms with Gasteiger partial charge >= 0.3 is 12.1 Å². The van der Waals surface area contributed by atoms with Crippen molar-refractivity contribution in [2.75, 3.05) is 0 Å². The largest absolute Gasteiger partial charge is 0.458 e. The molecule has 0 aromatic heterocycles. The molecule has 3 unspecified atom stereocenters. The van der Waals surface area contributed by atoms with Crippen molar-refractivity contribution >= 4 is 29.8 Å². The Morgan fingerprint density at radius 3 is 2.00 bits per heavy atom. The highest BCUT2D eigenvalue weighted by molar-refractivity contribution is 5.96. The molecule has 1 fully saturated rings. The van der Waals surface area contributed by atoms with E-state index in [1.54, 1.807) is 53.7 Å². The summed E-state index contributed by atoms with van der Waals surface area (Å²) in [5, 5.41) is 5.43. The zero-order chi connectivity index (χ0) is 35.1. The zero-order valence-electron chi connectivity index (χ0n) is 28.8. The van der Waals surface area contributed by atoms with Crippen molar-refractivity contribution < 1.29 is 33.4 Å². The van der Waals surface area contributed by atoms with E-state index in [9.17, 15) is 24.0 Å². The average molecular weight is 651 g/mol. The number of amides is 4. The van der Waals surface area contributed by atoms with Crippen molar-refractivity contribution in [3.63, 3.8) is 0 Å². The van der Waals surface area contributed by atoms with Gasteiger partial charge in [0.1, 0.15) is 29.3 Å². The minimum absolute atomic E-state index is 0.156. The third-order valence-corrected chi connectivity index (χ3v) is 7.88. The van der Waals surface area contributed by atoms with E-state index >= 15 is 0 Å². The molecule has 1 aliphatic rings. The summed E-state index contributed by atoms with van der Waals surface area (Å²) in [4.78, 5) is 69.1. The second-order valence-corrected chi connectivity index (χ2v) is 14.2. The molecule has 0 saturated heterocycles. The van der Waals surface area contributed by atoms with E-state index < -0.39 is 65.5 Å². The number of alkyl carbamates (subject to hydrolysis) is 1. The summed E-state index contributed by atoms with van der Waals surface area (Å²) >= 11 is 0. The molecule has 1 saturated carbocycles. The molecular weight excluding hydrogens is 600 g/mol. The number of ether oxygens (including phenoxy) is 2. The molecule has 256 valence electrons. The summed E-state index contributed by atoms with van der Waals surface area (Å²) in [5.41, 5.74) is 6.91. The van der Waals surface area contributed by atoms with Crippen molar-refractivity contribution in [2.24, 2.45) is 5.73 Å². The van der Waals surface area contributed by atoms with Crippen LogP contribution in [0, 0.1) is 13.8 Å². The number of carbonyl (C=O) groups is 5. The first-order valence-corrected chi connectivity index (χ1v) is 16.1. The number of benzene rings is 2. The van der Waals surface area contributed by atoms with Crippen LogP contribution in [0.1, 0.15) is 95.5 Å². The van der Waals surface area contributed by atoms with E-state index in [1.165, 1.54) is 4.90 Å². The molecule has 11 heteroatoms. The molecule has 4 amide bonds. The zero-order valence-corrected chi connectivity index (χ0v) is 28.8. The Kier molecular flexibility index (Phi) is 12.2. The number of carbonyl (C=O) groups excluding carboxylic acids is 5. The number of rotatable bonds is 12. The lowest BCUT2D eigenvalue weighted by atomic mass is 9.86. The topological polar surface area (TPSA) is 157 Å². The van der Waals surface area contributed by atoms with Crippen LogP contribution in [-0.4, -0.2) is 64.0 Å². The van der Waals surface area contributed by atoms with Crippen LogP contribution in [0.5, 0.6) is 0 Å². The fraction of sp³-hybridized carbons (Fsp3) is 0.528. The summed E-state index contributed by atoms with van der Waals surface area (Å²) in [6.45, 7) is 14.0. The maximum atomic E-state index is 14.6. The van der Waals surface area contributed by atoms with Crippen LogP contribution in [0.4, 0.5) is 4.79 Å². The Balaban J connectivity index is 2.11. The fourth-order valence-electron chi connectivity index (χ4n) is 5.37. The highest BCUT2D eigenvalue weighted by atomic mass is 16.6. The van der Waals surface area contributed by atoms with Crippen LogP contribution in [0.15, 0.2) is 48.5 Å². The monoisotopic (exact) mass is 650 g/mol. The summed E-state index contributed by atoms with van der Waals surface area (Å²) in [7, 11) is 0. The van der Waals surface area contributed by atoms with Gasteiger partial charge in [-0.1, -0.05) is 48.5 Å². The van der Waals surface area contributed by atoms with Crippen molar-refractivity contribution in [1.82, 2.24) is 15.5 Å². The third-order valence-electron chi connectivity index (χ3n) is 7.88. The van der Waals surface area contributed by atoms with E-state index in [1.807, 2.05) is 50.2 Å². The standard InChI is InChI=1S/C36H50N4O7/c1-22-14-12-19-26(23(22)2)30(31(42)38-28(33(44)46-35(3,4)5)20-24-15-10-9-11-16-24)40(25-17-13-18-25)32(43)27(21-29(37)41)39-34(45)47-36(6,7)8/h9-12,14-16,19,25,27-28,30H,13,17-18,20-21H2,1-8H3,(H2,37,41)(H,38,42)(H,39,45). The quantitative estimate of drug-likeness (QED) is 0.284. The van der Waals surface area contributed by atoms with E-state index in [0.717, 1.165) is 23.1 Å². The number of hydrogen-bond donors (Lipinski definition) is 3. The van der Waals surface area contributed by atoms with Gasteiger partial charge in [0.05, 0.1) is 6.42 Å². The molecule has 0 aliphatic heterocycles. The van der Waals surface area contributed by atoms with Crippen molar-refractivity contribution in [3.8, 4) is 0 Å². The molecule has 11 nitrogen and oxygen atoms in total. The van der Waals surface area contributed by atoms with Gasteiger partial charge in [0.15, 0.2) is 0 Å².